The maximum atomic E-state index is 12.6. The molecule has 0 radical (unpaired) electrons. The largest absolute Gasteiger partial charge is 0.417 e. The lowest BCUT2D eigenvalue weighted by Gasteiger charge is -2.09. The summed E-state index contributed by atoms with van der Waals surface area (Å²) < 4.78 is 43.2. The van der Waals surface area contributed by atoms with E-state index in [-0.39, 0.29) is 21.8 Å². The van der Waals surface area contributed by atoms with E-state index in [1.807, 2.05) is 18.2 Å². The summed E-state index contributed by atoms with van der Waals surface area (Å²) >= 11 is 6.72. The number of nitrogens with one attached hydrogen (secondary N) is 1. The van der Waals surface area contributed by atoms with Gasteiger partial charge in [-0.25, -0.2) is 4.98 Å². The minimum atomic E-state index is -4.57. The highest BCUT2D eigenvalue weighted by atomic mass is 35.5. The van der Waals surface area contributed by atoms with Crippen LogP contribution in [0.5, 0.6) is 0 Å². The Labute approximate surface area is 160 Å². The molecule has 2 heterocycles. The Kier molecular flexibility index (Phi) is 5.66. The second-order valence-corrected chi connectivity index (χ2v) is 6.46. The van der Waals surface area contributed by atoms with Gasteiger partial charge in [0.15, 0.2) is 5.82 Å². The number of hydrogen-bond acceptors (Lipinski definition) is 6. The van der Waals surface area contributed by atoms with Crippen molar-refractivity contribution in [2.45, 2.75) is 11.4 Å². The van der Waals surface area contributed by atoms with Crippen LogP contribution in [0.2, 0.25) is 5.02 Å². The Bertz CT molecular complexity index is 950. The fourth-order valence-electron chi connectivity index (χ4n) is 1.95. The highest BCUT2D eigenvalue weighted by Crippen LogP contribution is 2.32. The number of thioether (sulfide) groups is 1. The van der Waals surface area contributed by atoms with Gasteiger partial charge >= 0.3 is 6.18 Å². The monoisotopic (exact) mass is 414 g/mol. The Morgan fingerprint density at radius 1 is 1.22 bits per heavy atom. The normalized spacial score (nSPS) is 11.4. The van der Waals surface area contributed by atoms with Crippen molar-refractivity contribution in [1.82, 2.24) is 15.2 Å². The minimum Gasteiger partial charge on any atom is -0.411 e. The maximum absolute atomic E-state index is 12.6. The van der Waals surface area contributed by atoms with Gasteiger partial charge in [0, 0.05) is 11.8 Å². The second kappa shape index (κ2) is 7.97. The van der Waals surface area contributed by atoms with Gasteiger partial charge in [0.2, 0.25) is 11.8 Å². The van der Waals surface area contributed by atoms with Gasteiger partial charge in [0.05, 0.1) is 16.3 Å². The predicted octanol–water partition coefficient (Wildman–Crippen LogP) is 4.53. The fraction of sp³-hybridized carbons (Fsp3) is 0.125. The van der Waals surface area contributed by atoms with Gasteiger partial charge in [-0.05, 0) is 18.2 Å². The van der Waals surface area contributed by atoms with Crippen molar-refractivity contribution in [3.05, 3.63) is 53.2 Å². The van der Waals surface area contributed by atoms with Crippen molar-refractivity contribution in [3.63, 3.8) is 0 Å². The lowest BCUT2D eigenvalue weighted by Crippen LogP contribution is -2.16. The summed E-state index contributed by atoms with van der Waals surface area (Å²) in [5.41, 5.74) is -0.263. The Morgan fingerprint density at radius 2 is 1.96 bits per heavy atom. The summed E-state index contributed by atoms with van der Waals surface area (Å²) in [6.45, 7) is 0. The van der Waals surface area contributed by atoms with Crippen molar-refractivity contribution in [1.29, 1.82) is 0 Å². The number of alkyl halides is 3. The van der Waals surface area contributed by atoms with Crippen LogP contribution in [0.25, 0.3) is 11.5 Å². The molecule has 1 N–H and O–H groups in total. The van der Waals surface area contributed by atoms with E-state index in [4.69, 9.17) is 16.0 Å². The zero-order valence-corrected chi connectivity index (χ0v) is 14.9. The first kappa shape index (κ1) is 19.2. The molecule has 0 aliphatic heterocycles. The molecule has 11 heteroatoms. The molecule has 0 aliphatic carbocycles. The zero-order valence-electron chi connectivity index (χ0n) is 13.3. The SMILES string of the molecule is O=C(CSc1nnc(-c2ccccc2)o1)Nc1ncc(C(F)(F)F)cc1Cl. The number of aromatic nitrogens is 3. The molecule has 1 aromatic carbocycles. The molecule has 0 unspecified atom stereocenters. The molecule has 0 atom stereocenters. The van der Waals surface area contributed by atoms with Crippen molar-refractivity contribution in [2.75, 3.05) is 11.1 Å². The van der Waals surface area contributed by atoms with Gasteiger partial charge < -0.3 is 9.73 Å². The van der Waals surface area contributed by atoms with E-state index >= 15 is 0 Å². The van der Waals surface area contributed by atoms with Gasteiger partial charge in [0.25, 0.3) is 5.22 Å². The van der Waals surface area contributed by atoms with E-state index in [9.17, 15) is 18.0 Å². The van der Waals surface area contributed by atoms with E-state index in [0.717, 1.165) is 17.3 Å². The van der Waals surface area contributed by atoms with Gasteiger partial charge in [-0.15, -0.1) is 10.2 Å². The van der Waals surface area contributed by atoms with Crippen LogP contribution in [0.4, 0.5) is 19.0 Å². The lowest BCUT2D eigenvalue weighted by atomic mass is 10.2. The summed E-state index contributed by atoms with van der Waals surface area (Å²) in [6.07, 6.45) is -3.97. The van der Waals surface area contributed by atoms with E-state index < -0.39 is 17.6 Å². The molecule has 0 spiro atoms. The van der Waals surface area contributed by atoms with Gasteiger partial charge in [-0.2, -0.15) is 13.2 Å². The quantitative estimate of drug-likeness (QED) is 0.617. The van der Waals surface area contributed by atoms with E-state index in [1.54, 1.807) is 12.1 Å². The Hall–Kier alpha value is -2.59. The van der Waals surface area contributed by atoms with E-state index in [1.165, 1.54) is 0 Å². The topological polar surface area (TPSA) is 80.9 Å². The lowest BCUT2D eigenvalue weighted by molar-refractivity contribution is -0.137. The van der Waals surface area contributed by atoms with Crippen molar-refractivity contribution in [2.24, 2.45) is 0 Å². The third kappa shape index (κ3) is 4.98. The molecule has 0 saturated carbocycles. The molecular weight excluding hydrogens is 405 g/mol. The van der Waals surface area contributed by atoms with Crippen molar-refractivity contribution >= 4 is 35.1 Å². The zero-order chi connectivity index (χ0) is 19.4. The molecule has 0 fully saturated rings. The number of nitrogens with zero attached hydrogens (tertiary/aromatic N) is 3. The van der Waals surface area contributed by atoms with Gasteiger partial charge in [0.1, 0.15) is 0 Å². The summed E-state index contributed by atoms with van der Waals surface area (Å²) in [7, 11) is 0. The third-order valence-corrected chi connectivity index (χ3v) is 4.29. The average Bonchev–Trinajstić information content (AvgIpc) is 3.11. The maximum Gasteiger partial charge on any atom is 0.417 e. The molecule has 27 heavy (non-hydrogen) atoms. The molecule has 3 rings (SSSR count). The number of anilines is 1. The molecule has 6 nitrogen and oxygen atoms in total. The molecule has 140 valence electrons. The van der Waals surface area contributed by atoms with Crippen LogP contribution in [-0.2, 0) is 11.0 Å². The predicted molar refractivity (Wildman–Crippen MR) is 93.3 cm³/mol. The van der Waals surface area contributed by atoms with E-state index in [0.29, 0.717) is 18.2 Å². The Balaban J connectivity index is 1.58. The van der Waals surface area contributed by atoms with Crippen molar-refractivity contribution in [3.8, 4) is 11.5 Å². The molecule has 0 bridgehead atoms. The minimum absolute atomic E-state index is 0.116. The second-order valence-electron chi connectivity index (χ2n) is 5.13. The van der Waals surface area contributed by atoms with Crippen LogP contribution in [-0.4, -0.2) is 26.8 Å². The highest BCUT2D eigenvalue weighted by molar-refractivity contribution is 7.99. The van der Waals surface area contributed by atoms with Crippen LogP contribution in [0.1, 0.15) is 5.56 Å². The average molecular weight is 415 g/mol. The van der Waals surface area contributed by atoms with Gasteiger partial charge in [-0.1, -0.05) is 41.6 Å². The number of benzene rings is 1. The Morgan fingerprint density at radius 3 is 2.63 bits per heavy atom. The standard InChI is InChI=1S/C16H10ClF3N4O2S/c17-11-6-10(16(18,19)20)7-21-13(11)22-12(25)8-27-15-24-23-14(26-15)9-4-2-1-3-5-9/h1-7H,8H2,(H,21,22,25). The number of amides is 1. The summed E-state index contributed by atoms with van der Waals surface area (Å²) in [6, 6.07) is 9.78. The summed E-state index contributed by atoms with van der Waals surface area (Å²) in [5.74, 6) is -0.500. The molecular formula is C16H10ClF3N4O2S. The smallest absolute Gasteiger partial charge is 0.411 e. The summed E-state index contributed by atoms with van der Waals surface area (Å²) in [4.78, 5) is 15.5. The number of rotatable bonds is 5. The van der Waals surface area contributed by atoms with Gasteiger partial charge in [-0.3, -0.25) is 4.79 Å². The van der Waals surface area contributed by atoms with Crippen LogP contribution in [0.15, 0.2) is 52.2 Å². The molecule has 0 aliphatic rings. The highest BCUT2D eigenvalue weighted by Gasteiger charge is 2.31. The number of carbonyl (C=O) groups excluding carboxylic acids is 1. The number of hydrogen-bond donors (Lipinski definition) is 1. The fourth-order valence-corrected chi connectivity index (χ4v) is 2.72. The molecule has 2 aromatic heterocycles. The van der Waals surface area contributed by atoms with Crippen LogP contribution in [0.3, 0.4) is 0 Å². The van der Waals surface area contributed by atoms with E-state index in [2.05, 4.69) is 20.5 Å². The van der Waals surface area contributed by atoms with Crippen LogP contribution < -0.4 is 5.32 Å². The first-order valence-corrected chi connectivity index (χ1v) is 8.73. The third-order valence-electron chi connectivity index (χ3n) is 3.18. The van der Waals surface area contributed by atoms with Crippen LogP contribution >= 0.6 is 23.4 Å². The van der Waals surface area contributed by atoms with Crippen molar-refractivity contribution < 1.29 is 22.4 Å². The number of halogens is 4. The first-order chi connectivity index (χ1) is 12.8. The number of pyridine rings is 1. The molecule has 0 saturated heterocycles. The van der Waals surface area contributed by atoms with Crippen LogP contribution in [0, 0.1) is 0 Å². The molecule has 3 aromatic rings. The molecule has 1 amide bonds. The number of carbonyl (C=O) groups is 1. The first-order valence-electron chi connectivity index (χ1n) is 7.37. The summed E-state index contributed by atoms with van der Waals surface area (Å²) in [5, 5.41) is 9.91.